The molecule has 2 aromatic heterocycles. The van der Waals surface area contributed by atoms with E-state index in [1.54, 1.807) is 11.1 Å². The molecule has 0 unspecified atom stereocenters. The van der Waals surface area contributed by atoms with Crippen molar-refractivity contribution in [1.29, 1.82) is 0 Å². The highest BCUT2D eigenvalue weighted by atomic mass is 32.1. The third kappa shape index (κ3) is 4.26. The molecule has 7 heteroatoms. The minimum Gasteiger partial charge on any atom is -0.455 e. The van der Waals surface area contributed by atoms with E-state index in [2.05, 4.69) is 16.0 Å². The van der Waals surface area contributed by atoms with Crippen molar-refractivity contribution in [3.05, 3.63) is 70.9 Å². The Morgan fingerprint density at radius 1 is 1.11 bits per heavy atom. The predicted octanol–water partition coefficient (Wildman–Crippen LogP) is 2.88. The van der Waals surface area contributed by atoms with E-state index < -0.39 is 5.97 Å². The largest absolute Gasteiger partial charge is 0.455 e. The Kier molecular flexibility index (Phi) is 5.43. The highest BCUT2D eigenvalue weighted by molar-refractivity contribution is 7.13. The Bertz CT molecular complexity index is 987. The smallest absolute Gasteiger partial charge is 0.312 e. The molecule has 142 valence electrons. The van der Waals surface area contributed by atoms with Gasteiger partial charge in [-0.1, -0.05) is 30.3 Å². The van der Waals surface area contributed by atoms with E-state index in [9.17, 15) is 9.59 Å². The number of rotatable bonds is 5. The summed E-state index contributed by atoms with van der Waals surface area (Å²) in [5.74, 6) is -0.626. The van der Waals surface area contributed by atoms with Crippen LogP contribution >= 0.6 is 11.3 Å². The summed E-state index contributed by atoms with van der Waals surface area (Å²) < 4.78 is 5.18. The first kappa shape index (κ1) is 18.3. The highest BCUT2D eigenvalue weighted by Crippen LogP contribution is 2.22. The molecular weight excluding hydrogens is 374 g/mol. The van der Waals surface area contributed by atoms with Gasteiger partial charge in [0.05, 0.1) is 17.8 Å². The van der Waals surface area contributed by atoms with Crippen molar-refractivity contribution in [2.75, 3.05) is 13.2 Å². The number of carbonyl (C=O) groups is 2. The summed E-state index contributed by atoms with van der Waals surface area (Å²) in [4.78, 5) is 34.9. The Morgan fingerprint density at radius 2 is 1.93 bits per heavy atom. The normalized spacial score (nSPS) is 13.1. The second-order valence-corrected chi connectivity index (χ2v) is 7.39. The number of hydrogen-bond donors (Lipinski definition) is 0. The van der Waals surface area contributed by atoms with Crippen LogP contribution in [0.5, 0.6) is 0 Å². The molecule has 1 aromatic carbocycles. The molecule has 0 spiro atoms. The zero-order valence-electron chi connectivity index (χ0n) is 15.2. The second kappa shape index (κ2) is 8.31. The quantitative estimate of drug-likeness (QED) is 0.623. The standard InChI is InChI=1S/C21H19N3O3S/c25-19(24-10-8-15-5-1-2-6-16(15)12-24)13-27-20(26)11-17-14-28-21(23-17)18-7-3-4-9-22-18/h1-7,9,14H,8,10-13H2. The van der Waals surface area contributed by atoms with E-state index in [-0.39, 0.29) is 18.9 Å². The van der Waals surface area contributed by atoms with Gasteiger partial charge in [-0.25, -0.2) is 4.98 Å². The van der Waals surface area contributed by atoms with Crippen molar-refractivity contribution in [3.63, 3.8) is 0 Å². The maximum Gasteiger partial charge on any atom is 0.312 e. The van der Waals surface area contributed by atoms with Gasteiger partial charge in [-0.2, -0.15) is 0 Å². The fraction of sp³-hybridized carbons (Fsp3) is 0.238. The number of amides is 1. The van der Waals surface area contributed by atoms with E-state index in [0.29, 0.717) is 18.8 Å². The number of benzene rings is 1. The lowest BCUT2D eigenvalue weighted by Crippen LogP contribution is -2.38. The third-order valence-corrected chi connectivity index (χ3v) is 5.51. The fourth-order valence-corrected chi connectivity index (χ4v) is 3.93. The van der Waals surface area contributed by atoms with Crippen LogP contribution < -0.4 is 0 Å². The number of thiazole rings is 1. The van der Waals surface area contributed by atoms with Crippen LogP contribution in [0.15, 0.2) is 54.0 Å². The van der Waals surface area contributed by atoms with Gasteiger partial charge in [0.15, 0.2) is 6.61 Å². The first-order valence-corrected chi connectivity index (χ1v) is 9.93. The Labute approximate surface area is 166 Å². The molecule has 0 bridgehead atoms. The van der Waals surface area contributed by atoms with Crippen LogP contribution in [0.2, 0.25) is 0 Å². The van der Waals surface area contributed by atoms with E-state index in [4.69, 9.17) is 4.74 Å². The summed E-state index contributed by atoms with van der Waals surface area (Å²) in [6.45, 7) is 0.969. The van der Waals surface area contributed by atoms with Crippen LogP contribution in [0.3, 0.4) is 0 Å². The van der Waals surface area contributed by atoms with Crippen LogP contribution in [-0.2, 0) is 33.7 Å². The van der Waals surface area contributed by atoms with Crippen LogP contribution in [0.4, 0.5) is 0 Å². The SMILES string of the molecule is O=C(Cc1csc(-c2ccccn2)n1)OCC(=O)N1CCc2ccccc2C1. The minimum absolute atomic E-state index is 0.0411. The van der Waals surface area contributed by atoms with Gasteiger partial charge in [-0.15, -0.1) is 11.3 Å². The molecule has 1 amide bonds. The van der Waals surface area contributed by atoms with Crippen molar-refractivity contribution >= 4 is 23.2 Å². The topological polar surface area (TPSA) is 72.4 Å². The number of aromatic nitrogens is 2. The van der Waals surface area contributed by atoms with Crippen molar-refractivity contribution in [3.8, 4) is 10.7 Å². The van der Waals surface area contributed by atoms with Crippen molar-refractivity contribution in [2.45, 2.75) is 19.4 Å². The van der Waals surface area contributed by atoms with Gasteiger partial charge in [-0.05, 0) is 29.7 Å². The van der Waals surface area contributed by atoms with E-state index in [0.717, 1.165) is 22.7 Å². The average Bonchev–Trinajstić information content (AvgIpc) is 3.20. The lowest BCUT2D eigenvalue weighted by Gasteiger charge is -2.28. The maximum absolute atomic E-state index is 12.4. The van der Waals surface area contributed by atoms with Crippen LogP contribution in [0.25, 0.3) is 10.7 Å². The molecule has 6 nitrogen and oxygen atoms in total. The molecule has 0 saturated carbocycles. The zero-order valence-corrected chi connectivity index (χ0v) is 16.0. The molecule has 3 aromatic rings. The third-order valence-electron chi connectivity index (χ3n) is 4.60. The van der Waals surface area contributed by atoms with E-state index in [1.165, 1.54) is 16.9 Å². The average molecular weight is 393 g/mol. The lowest BCUT2D eigenvalue weighted by molar-refractivity contribution is -0.151. The Hall–Kier alpha value is -3.06. The molecule has 0 N–H and O–H groups in total. The molecule has 0 aliphatic carbocycles. The molecular formula is C21H19N3O3S. The number of ether oxygens (including phenoxy) is 1. The van der Waals surface area contributed by atoms with Gasteiger partial charge in [0.2, 0.25) is 0 Å². The van der Waals surface area contributed by atoms with E-state index in [1.807, 2.05) is 41.8 Å². The molecule has 3 heterocycles. The molecule has 0 saturated heterocycles. The fourth-order valence-electron chi connectivity index (χ4n) is 3.14. The van der Waals surface area contributed by atoms with Gasteiger partial charge in [0.25, 0.3) is 5.91 Å². The monoisotopic (exact) mass is 393 g/mol. The summed E-state index contributed by atoms with van der Waals surface area (Å²) in [7, 11) is 0. The van der Waals surface area contributed by atoms with Crippen LogP contribution in [-0.4, -0.2) is 39.9 Å². The van der Waals surface area contributed by atoms with Gasteiger partial charge in [0.1, 0.15) is 5.01 Å². The Morgan fingerprint density at radius 3 is 2.75 bits per heavy atom. The van der Waals surface area contributed by atoms with Crippen LogP contribution in [0.1, 0.15) is 16.8 Å². The number of pyridine rings is 1. The molecule has 1 aliphatic rings. The summed E-state index contributed by atoms with van der Waals surface area (Å²) in [5, 5.41) is 2.57. The molecule has 0 fully saturated rings. The number of hydrogen-bond acceptors (Lipinski definition) is 6. The number of carbonyl (C=O) groups excluding carboxylic acids is 2. The Balaban J connectivity index is 1.28. The highest BCUT2D eigenvalue weighted by Gasteiger charge is 2.21. The van der Waals surface area contributed by atoms with E-state index >= 15 is 0 Å². The maximum atomic E-state index is 12.4. The summed E-state index contributed by atoms with van der Waals surface area (Å²) in [6.07, 6.45) is 2.57. The number of esters is 1. The molecule has 4 rings (SSSR count). The van der Waals surface area contributed by atoms with Crippen molar-refractivity contribution in [2.24, 2.45) is 0 Å². The first-order valence-electron chi connectivity index (χ1n) is 9.05. The molecule has 1 aliphatic heterocycles. The molecule has 0 radical (unpaired) electrons. The first-order chi connectivity index (χ1) is 13.7. The minimum atomic E-state index is -0.455. The summed E-state index contributed by atoms with van der Waals surface area (Å²) >= 11 is 1.43. The summed E-state index contributed by atoms with van der Waals surface area (Å²) in [6, 6.07) is 13.7. The van der Waals surface area contributed by atoms with Crippen molar-refractivity contribution < 1.29 is 14.3 Å². The van der Waals surface area contributed by atoms with Gasteiger partial charge in [0, 0.05) is 24.7 Å². The van der Waals surface area contributed by atoms with Gasteiger partial charge < -0.3 is 9.64 Å². The second-order valence-electron chi connectivity index (χ2n) is 6.53. The van der Waals surface area contributed by atoms with Crippen LogP contribution in [0, 0.1) is 0 Å². The van der Waals surface area contributed by atoms with Gasteiger partial charge >= 0.3 is 5.97 Å². The molecule has 0 atom stereocenters. The lowest BCUT2D eigenvalue weighted by atomic mass is 10.00. The predicted molar refractivity (Wildman–Crippen MR) is 106 cm³/mol. The van der Waals surface area contributed by atoms with Gasteiger partial charge in [-0.3, -0.25) is 14.6 Å². The summed E-state index contributed by atoms with van der Waals surface area (Å²) in [5.41, 5.74) is 3.82. The number of nitrogens with zero attached hydrogens (tertiary/aromatic N) is 3. The zero-order chi connectivity index (χ0) is 19.3. The van der Waals surface area contributed by atoms with Crippen molar-refractivity contribution in [1.82, 2.24) is 14.9 Å². The molecule has 28 heavy (non-hydrogen) atoms. The number of fused-ring (bicyclic) bond motifs is 1.